The van der Waals surface area contributed by atoms with Gasteiger partial charge in [-0.1, -0.05) is 12.1 Å². The van der Waals surface area contributed by atoms with E-state index in [1.165, 1.54) is 17.0 Å². The lowest BCUT2D eigenvalue weighted by Gasteiger charge is -2.37. The molecule has 1 amide bonds. The number of likely N-dealkylation sites (tertiary alicyclic amines) is 1. The number of rotatable bonds is 2. The molecule has 0 aromatic heterocycles. The molecule has 1 saturated heterocycles. The number of carbonyl (C=O) groups is 1. The number of nitrogens with zero attached hydrogens (tertiary/aromatic N) is 1. The van der Waals surface area contributed by atoms with Crippen molar-refractivity contribution in [3.8, 4) is 0 Å². The molecule has 3 rings (SSSR count). The standard InChI is InChI=1S/C15H16F3NO/c16-13-3-1-2-10(6-13)7-14(20)19-8-11-4-5-12(9-19)15(11,17)18/h1-3,6,11-12H,4-5,7-9H2. The molecule has 20 heavy (non-hydrogen) atoms. The van der Waals surface area contributed by atoms with Gasteiger partial charge in [0.25, 0.3) is 5.92 Å². The maximum absolute atomic E-state index is 13.8. The second-order valence-corrected chi connectivity index (χ2v) is 5.75. The van der Waals surface area contributed by atoms with Crippen molar-refractivity contribution in [3.05, 3.63) is 35.6 Å². The molecule has 2 aliphatic rings. The Hall–Kier alpha value is -1.52. The van der Waals surface area contributed by atoms with Crippen LogP contribution in [0.1, 0.15) is 18.4 Å². The van der Waals surface area contributed by atoms with Crippen molar-refractivity contribution in [1.29, 1.82) is 0 Å². The molecule has 0 radical (unpaired) electrons. The summed E-state index contributed by atoms with van der Waals surface area (Å²) in [7, 11) is 0. The second-order valence-electron chi connectivity index (χ2n) is 5.75. The molecular formula is C15H16F3NO. The molecule has 108 valence electrons. The van der Waals surface area contributed by atoms with E-state index in [0.29, 0.717) is 18.4 Å². The summed E-state index contributed by atoms with van der Waals surface area (Å²) in [6.45, 7) is 0.245. The Balaban J connectivity index is 1.68. The normalized spacial score (nSPS) is 27.6. The first kappa shape index (κ1) is 13.5. The molecule has 1 aromatic rings. The second kappa shape index (κ2) is 4.79. The van der Waals surface area contributed by atoms with Gasteiger partial charge >= 0.3 is 0 Å². The predicted molar refractivity (Wildman–Crippen MR) is 67.8 cm³/mol. The van der Waals surface area contributed by atoms with Crippen molar-refractivity contribution in [2.24, 2.45) is 11.8 Å². The van der Waals surface area contributed by atoms with Gasteiger partial charge in [0, 0.05) is 24.9 Å². The third-order valence-corrected chi connectivity index (χ3v) is 4.43. The van der Waals surface area contributed by atoms with E-state index in [-0.39, 0.29) is 31.2 Å². The zero-order valence-electron chi connectivity index (χ0n) is 11.0. The van der Waals surface area contributed by atoms with Gasteiger partial charge in [0.1, 0.15) is 5.82 Å². The smallest absolute Gasteiger partial charge is 0.257 e. The lowest BCUT2D eigenvalue weighted by atomic mass is 9.93. The molecule has 5 heteroatoms. The highest BCUT2D eigenvalue weighted by Gasteiger charge is 2.56. The quantitative estimate of drug-likeness (QED) is 0.817. The van der Waals surface area contributed by atoms with E-state index in [9.17, 15) is 18.0 Å². The molecular weight excluding hydrogens is 267 g/mol. The topological polar surface area (TPSA) is 20.3 Å². The Morgan fingerprint density at radius 3 is 2.50 bits per heavy atom. The number of halogens is 3. The number of benzene rings is 1. The highest BCUT2D eigenvalue weighted by Crippen LogP contribution is 2.48. The minimum Gasteiger partial charge on any atom is -0.341 e. The largest absolute Gasteiger partial charge is 0.341 e. The maximum Gasteiger partial charge on any atom is 0.257 e. The highest BCUT2D eigenvalue weighted by atomic mass is 19.3. The Morgan fingerprint density at radius 1 is 1.25 bits per heavy atom. The van der Waals surface area contributed by atoms with Crippen molar-refractivity contribution in [3.63, 3.8) is 0 Å². The summed E-state index contributed by atoms with van der Waals surface area (Å²) < 4.78 is 40.6. The van der Waals surface area contributed by atoms with Crippen LogP contribution in [0.5, 0.6) is 0 Å². The summed E-state index contributed by atoms with van der Waals surface area (Å²) in [5.41, 5.74) is 0.583. The molecule has 0 spiro atoms. The van der Waals surface area contributed by atoms with E-state index in [2.05, 4.69) is 0 Å². The van der Waals surface area contributed by atoms with Crippen LogP contribution < -0.4 is 0 Å². The zero-order valence-corrected chi connectivity index (χ0v) is 11.0. The number of hydrogen-bond donors (Lipinski definition) is 0. The predicted octanol–water partition coefficient (Wildman–Crippen LogP) is 2.87. The first-order valence-electron chi connectivity index (χ1n) is 6.87. The number of fused-ring (bicyclic) bond motifs is 2. The van der Waals surface area contributed by atoms with E-state index in [0.717, 1.165) is 0 Å². The fraction of sp³-hybridized carbons (Fsp3) is 0.533. The third kappa shape index (κ3) is 2.30. The summed E-state index contributed by atoms with van der Waals surface area (Å²) in [6, 6.07) is 5.85. The van der Waals surface area contributed by atoms with Crippen LogP contribution in [-0.4, -0.2) is 29.8 Å². The Bertz CT molecular complexity index is 516. The van der Waals surface area contributed by atoms with Gasteiger partial charge in [0.2, 0.25) is 5.91 Å². The highest BCUT2D eigenvalue weighted by molar-refractivity contribution is 5.79. The first-order chi connectivity index (χ1) is 9.46. The number of alkyl halides is 2. The fourth-order valence-electron chi connectivity index (χ4n) is 3.29. The van der Waals surface area contributed by atoms with Gasteiger partial charge in [-0.3, -0.25) is 4.79 Å². The lowest BCUT2D eigenvalue weighted by Crippen LogP contribution is -2.51. The average molecular weight is 283 g/mol. The molecule has 2 bridgehead atoms. The maximum atomic E-state index is 13.8. The Kier molecular flexibility index (Phi) is 3.22. The summed E-state index contributed by atoms with van der Waals surface area (Å²) in [4.78, 5) is 13.7. The van der Waals surface area contributed by atoms with Crippen LogP contribution in [0.2, 0.25) is 0 Å². The minimum atomic E-state index is -2.63. The van der Waals surface area contributed by atoms with Gasteiger partial charge in [-0.05, 0) is 30.5 Å². The van der Waals surface area contributed by atoms with Crippen molar-refractivity contribution >= 4 is 5.91 Å². The Labute approximate surface area is 115 Å². The van der Waals surface area contributed by atoms with Crippen LogP contribution in [0, 0.1) is 17.7 Å². The summed E-state index contributed by atoms with van der Waals surface area (Å²) in [5, 5.41) is 0. The fourth-order valence-corrected chi connectivity index (χ4v) is 3.29. The van der Waals surface area contributed by atoms with E-state index < -0.39 is 17.8 Å². The molecule has 2 fully saturated rings. The van der Waals surface area contributed by atoms with Gasteiger partial charge in [-0.15, -0.1) is 0 Å². The van der Waals surface area contributed by atoms with Crippen LogP contribution in [0.15, 0.2) is 24.3 Å². The van der Waals surface area contributed by atoms with Crippen molar-refractivity contribution < 1.29 is 18.0 Å². The van der Waals surface area contributed by atoms with E-state index in [1.807, 2.05) is 0 Å². The van der Waals surface area contributed by atoms with Crippen molar-refractivity contribution in [2.75, 3.05) is 13.1 Å². The molecule has 2 nitrogen and oxygen atoms in total. The van der Waals surface area contributed by atoms with Crippen LogP contribution in [0.3, 0.4) is 0 Å². The molecule has 1 heterocycles. The Morgan fingerprint density at radius 2 is 1.90 bits per heavy atom. The van der Waals surface area contributed by atoms with Crippen molar-refractivity contribution in [2.45, 2.75) is 25.2 Å². The minimum absolute atomic E-state index is 0.0722. The van der Waals surface area contributed by atoms with Gasteiger partial charge in [-0.2, -0.15) is 0 Å². The summed E-state index contributed by atoms with van der Waals surface area (Å²) in [5.74, 6) is -4.63. The monoisotopic (exact) mass is 283 g/mol. The third-order valence-electron chi connectivity index (χ3n) is 4.43. The van der Waals surface area contributed by atoms with Crippen LogP contribution >= 0.6 is 0 Å². The summed E-state index contributed by atoms with van der Waals surface area (Å²) >= 11 is 0. The number of amides is 1. The summed E-state index contributed by atoms with van der Waals surface area (Å²) in [6.07, 6.45) is 1.05. The zero-order chi connectivity index (χ0) is 14.3. The van der Waals surface area contributed by atoms with Crippen molar-refractivity contribution in [1.82, 2.24) is 4.90 Å². The molecule has 1 saturated carbocycles. The average Bonchev–Trinajstić information content (AvgIpc) is 2.58. The SMILES string of the molecule is O=C(Cc1cccc(F)c1)N1CC2CCC(C1)C2(F)F. The first-order valence-corrected chi connectivity index (χ1v) is 6.87. The molecule has 1 aliphatic heterocycles. The molecule has 0 N–H and O–H groups in total. The van der Waals surface area contributed by atoms with Crippen LogP contribution in [-0.2, 0) is 11.2 Å². The van der Waals surface area contributed by atoms with Crippen LogP contribution in [0.25, 0.3) is 0 Å². The lowest BCUT2D eigenvalue weighted by molar-refractivity contribution is -0.148. The number of piperidine rings is 1. The van der Waals surface area contributed by atoms with Gasteiger partial charge in [0.05, 0.1) is 6.42 Å². The van der Waals surface area contributed by atoms with E-state index in [1.54, 1.807) is 12.1 Å². The number of carbonyl (C=O) groups excluding carboxylic acids is 1. The van der Waals surface area contributed by atoms with Gasteiger partial charge in [0.15, 0.2) is 0 Å². The molecule has 1 aliphatic carbocycles. The van der Waals surface area contributed by atoms with Crippen LogP contribution in [0.4, 0.5) is 13.2 Å². The molecule has 2 atom stereocenters. The molecule has 1 aromatic carbocycles. The van der Waals surface area contributed by atoms with E-state index >= 15 is 0 Å². The van der Waals surface area contributed by atoms with Gasteiger partial charge < -0.3 is 4.90 Å². The van der Waals surface area contributed by atoms with Gasteiger partial charge in [-0.25, -0.2) is 13.2 Å². The number of hydrogen-bond acceptors (Lipinski definition) is 1. The van der Waals surface area contributed by atoms with E-state index in [4.69, 9.17) is 0 Å². The molecule has 2 unspecified atom stereocenters.